The first-order chi connectivity index (χ1) is 7.52. The van der Waals surface area contributed by atoms with E-state index in [0.717, 1.165) is 0 Å². The molecule has 0 spiro atoms. The van der Waals surface area contributed by atoms with Crippen molar-refractivity contribution in [1.29, 1.82) is 0 Å². The summed E-state index contributed by atoms with van der Waals surface area (Å²) in [6, 6.07) is 0. The van der Waals surface area contributed by atoms with Crippen molar-refractivity contribution in [3.63, 3.8) is 0 Å². The van der Waals surface area contributed by atoms with E-state index < -0.39 is 17.1 Å². The van der Waals surface area contributed by atoms with Crippen LogP contribution in [0.2, 0.25) is 0 Å². The Bertz CT molecular complexity index is 408. The van der Waals surface area contributed by atoms with E-state index in [1.165, 1.54) is 0 Å². The first kappa shape index (κ1) is 11.5. The van der Waals surface area contributed by atoms with Crippen molar-refractivity contribution in [2.45, 2.75) is 6.10 Å². The summed E-state index contributed by atoms with van der Waals surface area (Å²) < 4.78 is 32.0. The molecular formula is C9H6B3F2NO. The Labute approximate surface area is 96.0 Å². The molecule has 16 heavy (non-hydrogen) atoms. The average Bonchev–Trinajstić information content (AvgIpc) is 2.21. The van der Waals surface area contributed by atoms with Gasteiger partial charge in [0.15, 0.2) is 0 Å². The number of nitrogens with one attached hydrogen (secondary N) is 1. The standard InChI is InChI=1S/C9H6B3F2NO/c10-4-7(13)5(11)9(6(12)8(4)14)16-3-1-15-2-3/h3,15H,1-2H2. The van der Waals surface area contributed by atoms with E-state index in [1.807, 2.05) is 0 Å². The van der Waals surface area contributed by atoms with Gasteiger partial charge in [-0.1, -0.05) is 0 Å². The van der Waals surface area contributed by atoms with Gasteiger partial charge in [-0.25, -0.2) is 8.78 Å². The van der Waals surface area contributed by atoms with Gasteiger partial charge in [0, 0.05) is 13.1 Å². The quantitative estimate of drug-likeness (QED) is 0.559. The van der Waals surface area contributed by atoms with Crippen LogP contribution in [0.1, 0.15) is 0 Å². The minimum absolute atomic E-state index is 0.171. The first-order valence-corrected chi connectivity index (χ1v) is 4.71. The number of rotatable bonds is 2. The summed E-state index contributed by atoms with van der Waals surface area (Å²) >= 11 is 0. The second-order valence-electron chi connectivity index (χ2n) is 3.60. The lowest BCUT2D eigenvalue weighted by molar-refractivity contribution is 0.144. The van der Waals surface area contributed by atoms with Gasteiger partial charge < -0.3 is 10.1 Å². The van der Waals surface area contributed by atoms with E-state index in [9.17, 15) is 8.78 Å². The third kappa shape index (κ3) is 1.73. The molecule has 1 fully saturated rings. The topological polar surface area (TPSA) is 21.3 Å². The molecule has 0 saturated carbocycles. The van der Waals surface area contributed by atoms with Crippen LogP contribution in [0.3, 0.4) is 0 Å². The fraction of sp³-hybridized carbons (Fsp3) is 0.333. The summed E-state index contributed by atoms with van der Waals surface area (Å²) in [5.41, 5.74) is -1.40. The van der Waals surface area contributed by atoms with Crippen molar-refractivity contribution < 1.29 is 13.5 Å². The summed E-state index contributed by atoms with van der Waals surface area (Å²) in [4.78, 5) is 0. The zero-order chi connectivity index (χ0) is 11.9. The van der Waals surface area contributed by atoms with E-state index in [-0.39, 0.29) is 22.8 Å². The van der Waals surface area contributed by atoms with E-state index in [2.05, 4.69) is 5.32 Å². The molecule has 0 unspecified atom stereocenters. The predicted molar refractivity (Wildman–Crippen MR) is 59.8 cm³/mol. The molecule has 2 nitrogen and oxygen atoms in total. The molecule has 1 saturated heterocycles. The van der Waals surface area contributed by atoms with Crippen LogP contribution < -0.4 is 26.4 Å². The van der Waals surface area contributed by atoms with Crippen molar-refractivity contribution in [3.05, 3.63) is 11.6 Å². The molecule has 1 aromatic carbocycles. The highest BCUT2D eigenvalue weighted by molar-refractivity contribution is 6.45. The van der Waals surface area contributed by atoms with Crippen molar-refractivity contribution in [2.24, 2.45) is 0 Å². The van der Waals surface area contributed by atoms with Gasteiger partial charge in [0.05, 0.1) is 0 Å². The maximum absolute atomic E-state index is 13.4. The molecule has 1 heterocycles. The zero-order valence-corrected chi connectivity index (χ0v) is 8.39. The van der Waals surface area contributed by atoms with E-state index in [0.29, 0.717) is 13.1 Å². The average molecular weight is 215 g/mol. The van der Waals surface area contributed by atoms with Gasteiger partial charge in [0.1, 0.15) is 47.0 Å². The summed E-state index contributed by atoms with van der Waals surface area (Å²) in [6.45, 7) is 1.18. The summed E-state index contributed by atoms with van der Waals surface area (Å²) in [6.07, 6.45) is -0.174. The Balaban J connectivity index is 2.42. The molecule has 0 aliphatic carbocycles. The predicted octanol–water partition coefficient (Wildman–Crippen LogP) is -2.30. The number of ether oxygens (including phenoxy) is 1. The van der Waals surface area contributed by atoms with Crippen LogP contribution >= 0.6 is 0 Å². The van der Waals surface area contributed by atoms with Gasteiger partial charge in [0.25, 0.3) is 0 Å². The number of halogens is 2. The molecule has 2 rings (SSSR count). The number of hydrogen-bond donors (Lipinski definition) is 1. The lowest BCUT2D eigenvalue weighted by atomic mass is 9.78. The normalized spacial score (nSPS) is 15.9. The van der Waals surface area contributed by atoms with Crippen LogP contribution in [-0.4, -0.2) is 42.7 Å². The van der Waals surface area contributed by atoms with Gasteiger partial charge in [-0.05, 0) is 16.4 Å². The summed E-state index contributed by atoms with van der Waals surface area (Å²) in [7, 11) is 16.0. The molecule has 0 atom stereocenters. The SMILES string of the molecule is [B]c1c(F)c([B])c(OC2CNC2)c([B])c1F. The fourth-order valence-corrected chi connectivity index (χ4v) is 1.37. The van der Waals surface area contributed by atoms with Crippen LogP contribution in [0.15, 0.2) is 0 Å². The second kappa shape index (κ2) is 4.13. The van der Waals surface area contributed by atoms with Gasteiger partial charge in [0.2, 0.25) is 0 Å². The molecule has 7 heteroatoms. The molecular weight excluding hydrogens is 209 g/mol. The van der Waals surface area contributed by atoms with Crippen molar-refractivity contribution in [2.75, 3.05) is 13.1 Å². The molecule has 0 amide bonds. The highest BCUT2D eigenvalue weighted by Crippen LogP contribution is 2.10. The molecule has 1 aromatic rings. The zero-order valence-electron chi connectivity index (χ0n) is 8.39. The maximum Gasteiger partial charge on any atom is 0.123 e. The second-order valence-corrected chi connectivity index (χ2v) is 3.60. The van der Waals surface area contributed by atoms with Crippen molar-refractivity contribution in [3.8, 4) is 5.75 Å². The van der Waals surface area contributed by atoms with E-state index in [4.69, 9.17) is 28.3 Å². The molecule has 1 aliphatic rings. The van der Waals surface area contributed by atoms with Crippen LogP contribution in [0.25, 0.3) is 0 Å². The minimum atomic E-state index is -1.03. The van der Waals surface area contributed by atoms with E-state index in [1.54, 1.807) is 0 Å². The Hall–Kier alpha value is -0.965. The lowest BCUT2D eigenvalue weighted by Crippen LogP contribution is -2.52. The Morgan fingerprint density at radius 2 is 1.50 bits per heavy atom. The van der Waals surface area contributed by atoms with Gasteiger partial charge in [-0.15, -0.1) is 0 Å². The largest absolute Gasteiger partial charge is 0.489 e. The minimum Gasteiger partial charge on any atom is -0.489 e. The van der Waals surface area contributed by atoms with E-state index >= 15 is 0 Å². The van der Waals surface area contributed by atoms with Crippen molar-refractivity contribution >= 4 is 39.9 Å². The Kier molecular flexibility index (Phi) is 2.97. The van der Waals surface area contributed by atoms with Crippen LogP contribution in [0, 0.1) is 11.6 Å². The third-order valence-electron chi connectivity index (χ3n) is 2.46. The number of hydrogen-bond acceptors (Lipinski definition) is 2. The maximum atomic E-state index is 13.4. The first-order valence-electron chi connectivity index (χ1n) is 4.71. The van der Waals surface area contributed by atoms with Crippen molar-refractivity contribution in [1.82, 2.24) is 5.32 Å². The molecule has 76 valence electrons. The van der Waals surface area contributed by atoms with Crippen LogP contribution in [-0.2, 0) is 0 Å². The van der Waals surface area contributed by atoms with Crippen LogP contribution in [0.5, 0.6) is 5.75 Å². The highest BCUT2D eigenvalue weighted by Gasteiger charge is 2.23. The molecule has 0 aromatic heterocycles. The van der Waals surface area contributed by atoms with Crippen LogP contribution in [0.4, 0.5) is 8.78 Å². The van der Waals surface area contributed by atoms with Gasteiger partial charge in [-0.3, -0.25) is 0 Å². The smallest absolute Gasteiger partial charge is 0.123 e. The lowest BCUT2D eigenvalue weighted by Gasteiger charge is -2.30. The monoisotopic (exact) mass is 215 g/mol. The Morgan fingerprint density at radius 1 is 1.00 bits per heavy atom. The summed E-state index contributed by atoms with van der Waals surface area (Å²) in [5, 5.41) is 2.94. The molecule has 1 aliphatic heterocycles. The molecule has 6 radical (unpaired) electrons. The molecule has 0 bridgehead atoms. The fourth-order valence-electron chi connectivity index (χ4n) is 1.37. The molecule has 1 N–H and O–H groups in total. The van der Waals surface area contributed by atoms with Gasteiger partial charge in [-0.2, -0.15) is 0 Å². The number of benzene rings is 1. The van der Waals surface area contributed by atoms with Gasteiger partial charge >= 0.3 is 0 Å². The summed E-state index contributed by atoms with van der Waals surface area (Å²) in [5.74, 6) is -2.24. The Morgan fingerprint density at radius 3 is 1.88 bits per heavy atom. The third-order valence-corrected chi connectivity index (χ3v) is 2.46. The highest BCUT2D eigenvalue weighted by atomic mass is 19.1.